The van der Waals surface area contributed by atoms with E-state index in [1.54, 1.807) is 30.7 Å². The Labute approximate surface area is 148 Å². The van der Waals surface area contributed by atoms with Crippen LogP contribution < -0.4 is 0 Å². The second-order valence-electron chi connectivity index (χ2n) is 6.12. The number of halogens is 1. The molecule has 1 N–H and O–H groups in total. The molecule has 1 aliphatic rings. The molecule has 0 spiro atoms. The van der Waals surface area contributed by atoms with Gasteiger partial charge in [-0.25, -0.2) is 24.1 Å². The molecule has 1 saturated heterocycles. The number of carboxylic acid groups (broad SMARTS) is 1. The van der Waals surface area contributed by atoms with Crippen molar-refractivity contribution in [3.63, 3.8) is 0 Å². The third-order valence-corrected chi connectivity index (χ3v) is 4.56. The normalized spacial score (nSPS) is 16.8. The highest BCUT2D eigenvalue weighted by Gasteiger charge is 2.30. The van der Waals surface area contributed by atoms with E-state index in [0.29, 0.717) is 30.9 Å². The molecule has 3 aromatic rings. The zero-order chi connectivity index (χ0) is 18.1. The molecule has 8 heteroatoms. The average Bonchev–Trinajstić information content (AvgIpc) is 3.30. The predicted molar refractivity (Wildman–Crippen MR) is 91.9 cm³/mol. The Hall–Kier alpha value is -3.29. The molecule has 3 heterocycles. The molecular weight excluding hydrogens is 337 g/mol. The summed E-state index contributed by atoms with van der Waals surface area (Å²) in [7, 11) is 0. The van der Waals surface area contributed by atoms with Crippen molar-refractivity contribution in [3.05, 3.63) is 55.0 Å². The van der Waals surface area contributed by atoms with Crippen LogP contribution in [0.25, 0.3) is 22.6 Å². The molecule has 26 heavy (non-hydrogen) atoms. The molecule has 0 bridgehead atoms. The number of hydrogen-bond acceptors (Lipinski definition) is 4. The lowest BCUT2D eigenvalue weighted by Gasteiger charge is -2.17. The molecule has 1 fully saturated rings. The van der Waals surface area contributed by atoms with Gasteiger partial charge < -0.3 is 14.6 Å². The zero-order valence-electron chi connectivity index (χ0n) is 13.8. The van der Waals surface area contributed by atoms with Crippen molar-refractivity contribution in [2.24, 2.45) is 0 Å². The van der Waals surface area contributed by atoms with Gasteiger partial charge in [0.2, 0.25) is 0 Å². The molecule has 4 rings (SSSR count). The second kappa shape index (κ2) is 6.55. The highest BCUT2D eigenvalue weighted by Crippen LogP contribution is 2.34. The number of amides is 1. The standard InChI is InChI=1S/C18H16FN5O2/c19-13-3-1-12(2-4-13)16-17(15-5-7-20-10-21-15)24(11-22-16)14-6-8-23(9-14)18(25)26/h1-5,7,10-11,14H,6,8-9H2,(H,25,26). The zero-order valence-corrected chi connectivity index (χ0v) is 13.8. The number of rotatable bonds is 3. The van der Waals surface area contributed by atoms with E-state index >= 15 is 0 Å². The lowest BCUT2D eigenvalue weighted by molar-refractivity contribution is 0.154. The molecule has 132 valence electrons. The minimum atomic E-state index is -0.921. The topological polar surface area (TPSA) is 84.1 Å². The number of imidazole rings is 1. The van der Waals surface area contributed by atoms with Gasteiger partial charge in [-0.15, -0.1) is 0 Å². The van der Waals surface area contributed by atoms with Crippen molar-refractivity contribution in [2.75, 3.05) is 13.1 Å². The van der Waals surface area contributed by atoms with Crippen molar-refractivity contribution in [2.45, 2.75) is 12.5 Å². The van der Waals surface area contributed by atoms with E-state index < -0.39 is 6.09 Å². The smallest absolute Gasteiger partial charge is 0.407 e. The van der Waals surface area contributed by atoms with Crippen LogP contribution in [0.5, 0.6) is 0 Å². The van der Waals surface area contributed by atoms with E-state index in [1.165, 1.54) is 23.4 Å². The van der Waals surface area contributed by atoms with Crippen LogP contribution in [0.1, 0.15) is 12.5 Å². The van der Waals surface area contributed by atoms with Gasteiger partial charge in [-0.3, -0.25) is 0 Å². The van der Waals surface area contributed by atoms with Crippen molar-refractivity contribution in [3.8, 4) is 22.6 Å². The fourth-order valence-electron chi connectivity index (χ4n) is 3.28. The highest BCUT2D eigenvalue weighted by atomic mass is 19.1. The van der Waals surface area contributed by atoms with Crippen molar-refractivity contribution >= 4 is 6.09 Å². The van der Waals surface area contributed by atoms with Crippen LogP contribution in [0.15, 0.2) is 49.2 Å². The molecule has 0 saturated carbocycles. The molecule has 0 radical (unpaired) electrons. The van der Waals surface area contributed by atoms with Gasteiger partial charge in [0.25, 0.3) is 0 Å². The first-order chi connectivity index (χ1) is 12.6. The maximum absolute atomic E-state index is 13.3. The Kier molecular flexibility index (Phi) is 4.08. The van der Waals surface area contributed by atoms with Crippen LogP contribution in [-0.2, 0) is 0 Å². The molecule has 7 nitrogen and oxygen atoms in total. The highest BCUT2D eigenvalue weighted by molar-refractivity contribution is 5.76. The van der Waals surface area contributed by atoms with Crippen molar-refractivity contribution in [1.82, 2.24) is 24.4 Å². The van der Waals surface area contributed by atoms with E-state index in [2.05, 4.69) is 15.0 Å². The van der Waals surface area contributed by atoms with Gasteiger partial charge >= 0.3 is 6.09 Å². The number of hydrogen-bond donors (Lipinski definition) is 1. The van der Waals surface area contributed by atoms with Gasteiger partial charge in [0, 0.05) is 24.8 Å². The summed E-state index contributed by atoms with van der Waals surface area (Å²) < 4.78 is 15.3. The van der Waals surface area contributed by atoms with E-state index in [-0.39, 0.29) is 11.9 Å². The number of carbonyl (C=O) groups is 1. The number of aromatic nitrogens is 4. The predicted octanol–water partition coefficient (Wildman–Crippen LogP) is 3.07. The molecule has 1 atom stereocenters. The lowest BCUT2D eigenvalue weighted by atomic mass is 10.1. The quantitative estimate of drug-likeness (QED) is 0.782. The minimum absolute atomic E-state index is 0.0298. The summed E-state index contributed by atoms with van der Waals surface area (Å²) in [6.07, 6.45) is 4.58. The fourth-order valence-corrected chi connectivity index (χ4v) is 3.28. The number of likely N-dealkylation sites (tertiary alicyclic amines) is 1. The molecule has 1 aromatic carbocycles. The second-order valence-corrected chi connectivity index (χ2v) is 6.12. The summed E-state index contributed by atoms with van der Waals surface area (Å²) in [5, 5.41) is 9.22. The van der Waals surface area contributed by atoms with Crippen molar-refractivity contribution < 1.29 is 14.3 Å². The van der Waals surface area contributed by atoms with Gasteiger partial charge in [-0.05, 0) is 36.8 Å². The first-order valence-electron chi connectivity index (χ1n) is 8.20. The summed E-state index contributed by atoms with van der Waals surface area (Å²) >= 11 is 0. The number of benzene rings is 1. The average molecular weight is 353 g/mol. The largest absolute Gasteiger partial charge is 0.465 e. The van der Waals surface area contributed by atoms with Crippen LogP contribution in [-0.4, -0.2) is 48.7 Å². The van der Waals surface area contributed by atoms with Gasteiger partial charge in [-0.1, -0.05) is 0 Å². The molecule has 0 aliphatic carbocycles. The Bertz CT molecular complexity index is 927. The Morgan fingerprint density at radius 3 is 2.65 bits per heavy atom. The van der Waals surface area contributed by atoms with E-state index in [0.717, 1.165) is 11.3 Å². The maximum Gasteiger partial charge on any atom is 0.407 e. The summed E-state index contributed by atoms with van der Waals surface area (Å²) in [6, 6.07) is 7.87. The van der Waals surface area contributed by atoms with Gasteiger partial charge in [0.15, 0.2) is 0 Å². The third kappa shape index (κ3) is 2.90. The van der Waals surface area contributed by atoms with Gasteiger partial charge in [0.1, 0.15) is 12.1 Å². The maximum atomic E-state index is 13.3. The van der Waals surface area contributed by atoms with Crippen LogP contribution in [0.2, 0.25) is 0 Å². The Balaban J connectivity index is 1.80. The molecule has 1 aliphatic heterocycles. The molecular formula is C18H16FN5O2. The van der Waals surface area contributed by atoms with E-state index in [1.807, 2.05) is 4.57 Å². The summed E-state index contributed by atoms with van der Waals surface area (Å²) in [5.74, 6) is -0.315. The van der Waals surface area contributed by atoms with Gasteiger partial charge in [-0.2, -0.15) is 0 Å². The number of nitrogens with zero attached hydrogens (tertiary/aromatic N) is 5. The summed E-state index contributed by atoms with van der Waals surface area (Å²) in [4.78, 5) is 25.4. The monoisotopic (exact) mass is 353 g/mol. The Morgan fingerprint density at radius 1 is 1.19 bits per heavy atom. The SMILES string of the molecule is O=C(O)N1CCC(n2cnc(-c3ccc(F)cc3)c2-c2ccncn2)C1. The first-order valence-corrected chi connectivity index (χ1v) is 8.20. The van der Waals surface area contributed by atoms with Gasteiger partial charge in [0.05, 0.1) is 29.5 Å². The molecule has 2 aromatic heterocycles. The van der Waals surface area contributed by atoms with Crippen molar-refractivity contribution in [1.29, 1.82) is 0 Å². The summed E-state index contributed by atoms with van der Waals surface area (Å²) in [6.45, 7) is 0.875. The van der Waals surface area contributed by atoms with Crippen LogP contribution in [0, 0.1) is 5.82 Å². The fraction of sp³-hybridized carbons (Fsp3) is 0.222. The first kappa shape index (κ1) is 16.2. The van der Waals surface area contributed by atoms with Crippen LogP contribution in [0.3, 0.4) is 0 Å². The van der Waals surface area contributed by atoms with Crippen LogP contribution >= 0.6 is 0 Å². The van der Waals surface area contributed by atoms with E-state index in [4.69, 9.17) is 0 Å². The van der Waals surface area contributed by atoms with Crippen LogP contribution in [0.4, 0.5) is 9.18 Å². The lowest BCUT2D eigenvalue weighted by Crippen LogP contribution is -2.27. The third-order valence-electron chi connectivity index (χ3n) is 4.56. The Morgan fingerprint density at radius 2 is 2.00 bits per heavy atom. The summed E-state index contributed by atoms with van der Waals surface area (Å²) in [5.41, 5.74) is 2.91. The minimum Gasteiger partial charge on any atom is -0.465 e. The molecule has 1 amide bonds. The molecule has 1 unspecified atom stereocenters. The van der Waals surface area contributed by atoms with E-state index in [9.17, 15) is 14.3 Å².